The van der Waals surface area contributed by atoms with Gasteiger partial charge in [-0.1, -0.05) is 42.5 Å². The molecule has 0 unspecified atom stereocenters. The summed E-state index contributed by atoms with van der Waals surface area (Å²) in [5.41, 5.74) is 3.26. The third kappa shape index (κ3) is 5.07. The van der Waals surface area contributed by atoms with Gasteiger partial charge in [-0.05, 0) is 55.5 Å². The molecule has 2 aromatic carbocycles. The minimum atomic E-state index is -1.45. The van der Waals surface area contributed by atoms with Gasteiger partial charge in [0.1, 0.15) is 11.6 Å². The first-order chi connectivity index (χ1) is 17.2. The van der Waals surface area contributed by atoms with Crippen molar-refractivity contribution in [1.82, 2.24) is 4.98 Å². The maximum absolute atomic E-state index is 14.6. The number of anilines is 1. The molecule has 4 rings (SSSR count). The second-order valence-electron chi connectivity index (χ2n) is 8.65. The maximum Gasteiger partial charge on any atom is 0.187 e. The van der Waals surface area contributed by atoms with Gasteiger partial charge in [-0.2, -0.15) is 0 Å². The highest BCUT2D eigenvalue weighted by atomic mass is 35.5. The highest BCUT2D eigenvalue weighted by Gasteiger charge is 2.32. The van der Waals surface area contributed by atoms with Gasteiger partial charge in [-0.15, -0.1) is 17.8 Å². The van der Waals surface area contributed by atoms with Crippen LogP contribution in [0.25, 0.3) is 11.3 Å². The number of aliphatic hydroxyl groups is 1. The van der Waals surface area contributed by atoms with Crippen molar-refractivity contribution in [3.8, 4) is 29.4 Å². The molecule has 1 N–H and O–H groups in total. The van der Waals surface area contributed by atoms with Crippen LogP contribution in [0.5, 0.6) is 5.75 Å². The number of rotatable bonds is 9. The van der Waals surface area contributed by atoms with E-state index in [1.54, 1.807) is 12.1 Å². The molecule has 1 heterocycles. The van der Waals surface area contributed by atoms with Crippen molar-refractivity contribution in [3.63, 3.8) is 0 Å². The quantitative estimate of drug-likeness (QED) is 0.332. The number of methoxy groups -OCH3 is 1. The highest BCUT2D eigenvalue weighted by Crippen LogP contribution is 2.44. The summed E-state index contributed by atoms with van der Waals surface area (Å²) in [4.78, 5) is 7.94. The smallest absolute Gasteiger partial charge is 0.187 e. The molecule has 7 heteroatoms. The van der Waals surface area contributed by atoms with Gasteiger partial charge in [-0.3, -0.25) is 0 Å². The van der Waals surface area contributed by atoms with Crippen LogP contribution in [0.4, 0.5) is 9.52 Å². The number of aliphatic hydroxyl groups excluding tert-OH is 1. The lowest BCUT2D eigenvalue weighted by molar-refractivity contribution is 0.275. The Morgan fingerprint density at radius 1 is 1.38 bits per heavy atom. The zero-order valence-electron chi connectivity index (χ0n) is 21.1. The normalized spacial score (nSPS) is 15.0. The minimum Gasteiger partial charge on any atom is -0.496 e. The van der Waals surface area contributed by atoms with Crippen LogP contribution in [0.2, 0.25) is 5.02 Å². The molecule has 1 fully saturated rings. The van der Waals surface area contributed by atoms with E-state index in [1.165, 1.54) is 17.4 Å². The number of benzene rings is 2. The molecule has 3 aromatic rings. The summed E-state index contributed by atoms with van der Waals surface area (Å²) in [6.07, 6.45) is 8.89. The fraction of sp³-hybridized carbons (Fsp3) is 0.370. The Hall–Kier alpha value is -2.59. The number of aromatic nitrogens is 1. The van der Waals surface area contributed by atoms with Crippen LogP contribution < -0.4 is 9.64 Å². The van der Waals surface area contributed by atoms with Crippen molar-refractivity contribution in [2.45, 2.75) is 45.8 Å². The van der Waals surface area contributed by atoms with Gasteiger partial charge in [0.25, 0.3) is 0 Å². The lowest BCUT2D eigenvalue weighted by Gasteiger charge is -2.31. The molecule has 178 valence electrons. The third-order valence-electron chi connectivity index (χ3n) is 6.20. The van der Waals surface area contributed by atoms with Gasteiger partial charge >= 0.3 is 0 Å². The number of hydrogen-bond acceptors (Lipinski definition) is 5. The number of ether oxygens (including phenoxy) is 1. The van der Waals surface area contributed by atoms with Gasteiger partial charge < -0.3 is 14.7 Å². The molecule has 1 atom stereocenters. The number of terminal acetylenes is 1. The summed E-state index contributed by atoms with van der Waals surface area (Å²) >= 11 is 8.08. The average molecular weight is 501 g/mol. The average Bonchev–Trinajstić information content (AvgIpc) is 3.57. The van der Waals surface area contributed by atoms with Crippen molar-refractivity contribution in [3.05, 3.63) is 62.7 Å². The summed E-state index contributed by atoms with van der Waals surface area (Å²) in [5.74, 6) is 3.25. The van der Waals surface area contributed by atoms with Crippen molar-refractivity contribution in [2.75, 3.05) is 18.5 Å². The summed E-state index contributed by atoms with van der Waals surface area (Å²) in [6, 6.07) is 8.28. The molecule has 0 saturated heterocycles. The van der Waals surface area contributed by atoms with Crippen molar-refractivity contribution in [1.29, 1.82) is 0 Å². The fourth-order valence-electron chi connectivity index (χ4n) is 4.15. The van der Waals surface area contributed by atoms with Crippen molar-refractivity contribution >= 4 is 28.1 Å². The largest absolute Gasteiger partial charge is 0.496 e. The summed E-state index contributed by atoms with van der Waals surface area (Å²) in [5, 5.41) is 10.5. The summed E-state index contributed by atoms with van der Waals surface area (Å²) in [7, 11) is -1.45. The van der Waals surface area contributed by atoms with E-state index in [-0.39, 0.29) is 18.2 Å². The Morgan fingerprint density at radius 2 is 2.18 bits per heavy atom. The Bertz CT molecular complexity index is 1290. The summed E-state index contributed by atoms with van der Waals surface area (Å²) in [6.45, 7) is 3.76. The number of hydrogen-bond donors (Lipinski definition) is 1. The Labute approximate surface area is 212 Å². The van der Waals surface area contributed by atoms with E-state index >= 15 is 0 Å². The van der Waals surface area contributed by atoms with Crippen LogP contribution in [0.1, 0.15) is 49.6 Å². The number of halogens is 2. The van der Waals surface area contributed by atoms with E-state index in [4.69, 9.17) is 30.5 Å². The first-order valence-electron chi connectivity index (χ1n) is 12.3. The maximum atomic E-state index is 14.6. The minimum absolute atomic E-state index is 0.159. The molecule has 1 saturated carbocycles. The first kappa shape index (κ1) is 21.9. The van der Waals surface area contributed by atoms with Gasteiger partial charge in [0.05, 0.1) is 39.7 Å². The topological polar surface area (TPSA) is 45.6 Å². The van der Waals surface area contributed by atoms with Crippen LogP contribution >= 0.6 is 22.9 Å². The van der Waals surface area contributed by atoms with Crippen LogP contribution in [0.15, 0.2) is 30.3 Å². The Morgan fingerprint density at radius 3 is 2.82 bits per heavy atom. The Kier molecular flexibility index (Phi) is 6.67. The van der Waals surface area contributed by atoms with E-state index in [0.29, 0.717) is 23.2 Å². The van der Waals surface area contributed by atoms with Crippen molar-refractivity contribution in [2.24, 2.45) is 5.92 Å². The number of nitrogens with zero attached hydrogens (tertiary/aromatic N) is 2. The van der Waals surface area contributed by atoms with E-state index in [9.17, 15) is 9.50 Å². The fourth-order valence-corrected chi connectivity index (χ4v) is 5.36. The van der Waals surface area contributed by atoms with Crippen LogP contribution in [0.3, 0.4) is 0 Å². The molecule has 34 heavy (non-hydrogen) atoms. The molecule has 1 aliphatic carbocycles. The van der Waals surface area contributed by atoms with E-state index in [1.807, 2.05) is 26.0 Å². The molecular weight excluding hydrogens is 471 g/mol. The molecule has 4 nitrogen and oxygen atoms in total. The predicted molar refractivity (Wildman–Crippen MR) is 137 cm³/mol. The number of thiazole rings is 1. The number of aryl methyl sites for hydroxylation is 2. The zero-order valence-corrected chi connectivity index (χ0v) is 20.7. The SMILES string of the molecule is [2H]C([2H])Oc1cc(Cl)c(-c2nc(N(CC#C)[C@@H](CC3CC3)c3ccc(CO)c(F)c3)sc2C)cc1C. The molecular formula is C27H28ClFN2O2S. The lowest BCUT2D eigenvalue weighted by Crippen LogP contribution is -2.29. The van der Waals surface area contributed by atoms with E-state index in [2.05, 4.69) is 10.8 Å². The summed E-state index contributed by atoms with van der Waals surface area (Å²) < 4.78 is 34.6. The lowest BCUT2D eigenvalue weighted by atomic mass is 9.98. The van der Waals surface area contributed by atoms with Crippen LogP contribution in [0, 0.1) is 37.9 Å². The van der Waals surface area contributed by atoms with Gasteiger partial charge in [-0.25, -0.2) is 9.37 Å². The van der Waals surface area contributed by atoms with Crippen molar-refractivity contribution < 1.29 is 17.0 Å². The molecule has 0 radical (unpaired) electrons. The molecule has 0 aliphatic heterocycles. The zero-order chi connectivity index (χ0) is 26.0. The van der Waals surface area contributed by atoms with E-state index in [0.717, 1.165) is 51.7 Å². The molecule has 1 aromatic heterocycles. The molecule has 0 spiro atoms. The van der Waals surface area contributed by atoms with Gasteiger partial charge in [0, 0.05) is 16.0 Å². The monoisotopic (exact) mass is 500 g/mol. The standard InChI is InChI=1S/C27H28ClFN2O2S/c1-5-10-31(24(12-18-6-7-18)19-8-9-20(15-32)23(29)13-19)27-30-26(17(3)34-27)21-11-16(2)25(33-4)14-22(21)28/h1,8-9,11,13-14,18,24,32H,6-7,10,12,15H2,2-4H3/t24-/m0/s1/i4D2. The second kappa shape index (κ2) is 10.4. The van der Waals surface area contributed by atoms with Gasteiger partial charge in [0.2, 0.25) is 0 Å². The molecule has 1 aliphatic rings. The Balaban J connectivity index is 1.74. The first-order valence-corrected chi connectivity index (χ1v) is 12.3. The third-order valence-corrected chi connectivity index (χ3v) is 7.52. The van der Waals surface area contributed by atoms with Crippen LogP contribution in [-0.2, 0) is 6.61 Å². The van der Waals surface area contributed by atoms with Crippen LogP contribution in [-0.4, -0.2) is 23.7 Å². The predicted octanol–water partition coefficient (Wildman–Crippen LogP) is 6.70. The van der Waals surface area contributed by atoms with E-state index < -0.39 is 12.9 Å². The second-order valence-corrected chi connectivity index (χ2v) is 10.2. The molecule has 0 amide bonds. The van der Waals surface area contributed by atoms with Gasteiger partial charge in [0.15, 0.2) is 5.13 Å². The molecule has 0 bridgehead atoms. The highest BCUT2D eigenvalue weighted by molar-refractivity contribution is 7.16.